The van der Waals surface area contributed by atoms with Gasteiger partial charge in [0.15, 0.2) is 0 Å². The highest BCUT2D eigenvalue weighted by Crippen LogP contribution is 2.36. The highest BCUT2D eigenvalue weighted by Gasteiger charge is 2.22. The molecule has 3 rings (SSSR count). The van der Waals surface area contributed by atoms with Gasteiger partial charge in [-0.1, -0.05) is 0 Å². The van der Waals surface area contributed by atoms with E-state index < -0.39 is 0 Å². The Hall–Kier alpha value is -1.75. The zero-order valence-corrected chi connectivity index (χ0v) is 10.3. The van der Waals surface area contributed by atoms with Crippen LogP contribution in [0.4, 0.5) is 0 Å². The maximum atomic E-state index is 9.22. The van der Waals surface area contributed by atoms with Crippen LogP contribution in [0.2, 0.25) is 0 Å². The summed E-state index contributed by atoms with van der Waals surface area (Å²) < 4.78 is 2.31. The molecule has 1 aromatic heterocycles. The summed E-state index contributed by atoms with van der Waals surface area (Å²) in [5.41, 5.74) is 4.62. The maximum Gasteiger partial charge on any atom is 0.101 e. The van der Waals surface area contributed by atoms with Gasteiger partial charge < -0.3 is 4.57 Å². The van der Waals surface area contributed by atoms with Gasteiger partial charge in [0.25, 0.3) is 0 Å². The second kappa shape index (κ2) is 3.63. The highest BCUT2D eigenvalue weighted by molar-refractivity contribution is 5.88. The molecule has 2 nitrogen and oxygen atoms in total. The number of benzene rings is 1. The molecule has 86 valence electrons. The molecule has 0 radical (unpaired) electrons. The zero-order chi connectivity index (χ0) is 12.0. The van der Waals surface area contributed by atoms with Crippen molar-refractivity contribution in [3.63, 3.8) is 0 Å². The average molecular weight is 224 g/mol. The molecule has 1 fully saturated rings. The number of rotatable bonds is 1. The Morgan fingerprint density at radius 2 is 1.94 bits per heavy atom. The van der Waals surface area contributed by atoms with Crippen LogP contribution in [0, 0.1) is 25.2 Å². The molecule has 0 N–H and O–H groups in total. The third-order valence-electron chi connectivity index (χ3n) is 4.04. The second-order valence-corrected chi connectivity index (χ2v) is 5.10. The minimum atomic E-state index is 0.613. The van der Waals surface area contributed by atoms with Crippen LogP contribution in [0.1, 0.15) is 42.0 Å². The van der Waals surface area contributed by atoms with E-state index in [0.717, 1.165) is 10.9 Å². The molecule has 1 aliphatic carbocycles. The molecule has 1 saturated carbocycles. The molecule has 1 aliphatic rings. The topological polar surface area (TPSA) is 28.7 Å². The van der Waals surface area contributed by atoms with Gasteiger partial charge in [-0.3, -0.25) is 0 Å². The van der Waals surface area contributed by atoms with E-state index in [1.165, 1.54) is 35.9 Å². The highest BCUT2D eigenvalue weighted by atomic mass is 15.0. The molecule has 0 saturated heterocycles. The van der Waals surface area contributed by atoms with Gasteiger partial charge in [-0.05, 0) is 56.4 Å². The first-order valence-electron chi connectivity index (χ1n) is 6.22. The van der Waals surface area contributed by atoms with E-state index in [1.54, 1.807) is 0 Å². The van der Waals surface area contributed by atoms with Crippen LogP contribution in [0.15, 0.2) is 18.3 Å². The van der Waals surface area contributed by atoms with Gasteiger partial charge in [-0.2, -0.15) is 5.26 Å². The third-order valence-corrected chi connectivity index (χ3v) is 4.04. The monoisotopic (exact) mass is 224 g/mol. The summed E-state index contributed by atoms with van der Waals surface area (Å²) in [7, 11) is 0. The van der Waals surface area contributed by atoms with Crippen molar-refractivity contribution >= 4 is 10.9 Å². The van der Waals surface area contributed by atoms with Crippen LogP contribution >= 0.6 is 0 Å². The molecule has 0 bridgehead atoms. The van der Waals surface area contributed by atoms with Gasteiger partial charge in [-0.25, -0.2) is 0 Å². The molecule has 2 aromatic rings. The molecule has 1 aromatic carbocycles. The van der Waals surface area contributed by atoms with Crippen molar-refractivity contribution in [2.75, 3.05) is 0 Å². The first-order chi connectivity index (χ1) is 8.20. The van der Waals surface area contributed by atoms with E-state index in [4.69, 9.17) is 0 Å². The predicted molar refractivity (Wildman–Crippen MR) is 69.0 cm³/mol. The molecule has 0 unspecified atom stereocenters. The molecule has 0 spiro atoms. The smallest absolute Gasteiger partial charge is 0.101 e. The van der Waals surface area contributed by atoms with Gasteiger partial charge >= 0.3 is 0 Å². The summed E-state index contributed by atoms with van der Waals surface area (Å²) >= 11 is 0. The Bertz CT molecular complexity index is 624. The molecular formula is C15H16N2. The lowest BCUT2D eigenvalue weighted by molar-refractivity contribution is 0.321. The minimum absolute atomic E-state index is 0.613. The Kier molecular flexibility index (Phi) is 2.22. The predicted octanol–water partition coefficient (Wildman–Crippen LogP) is 3.85. The number of aryl methyl sites for hydroxylation is 2. The van der Waals surface area contributed by atoms with Crippen molar-refractivity contribution in [1.82, 2.24) is 4.57 Å². The summed E-state index contributed by atoms with van der Waals surface area (Å²) in [5, 5.41) is 10.3. The summed E-state index contributed by atoms with van der Waals surface area (Å²) in [6.45, 7) is 4.25. The van der Waals surface area contributed by atoms with Crippen molar-refractivity contribution in [3.05, 3.63) is 35.0 Å². The number of hydrogen-bond acceptors (Lipinski definition) is 1. The quantitative estimate of drug-likeness (QED) is 0.723. The molecule has 2 heteroatoms. The van der Waals surface area contributed by atoms with Gasteiger partial charge in [0.2, 0.25) is 0 Å². The molecule has 0 amide bonds. The SMILES string of the molecule is Cc1cc2c(C#N)cn(C3CCC3)c2cc1C. The van der Waals surface area contributed by atoms with Crippen molar-refractivity contribution < 1.29 is 0 Å². The lowest BCUT2D eigenvalue weighted by atomic mass is 9.93. The largest absolute Gasteiger partial charge is 0.343 e. The van der Waals surface area contributed by atoms with E-state index in [-0.39, 0.29) is 0 Å². The first kappa shape index (κ1) is 10.4. The Labute approximate surface area is 101 Å². The summed E-state index contributed by atoms with van der Waals surface area (Å²) in [5.74, 6) is 0. The van der Waals surface area contributed by atoms with Crippen molar-refractivity contribution in [2.45, 2.75) is 39.2 Å². The van der Waals surface area contributed by atoms with Crippen LogP contribution in [0.5, 0.6) is 0 Å². The number of fused-ring (bicyclic) bond motifs is 1. The second-order valence-electron chi connectivity index (χ2n) is 5.10. The fourth-order valence-corrected chi connectivity index (χ4v) is 2.56. The Balaban J connectivity index is 2.29. The van der Waals surface area contributed by atoms with E-state index in [1.807, 2.05) is 6.20 Å². The first-order valence-corrected chi connectivity index (χ1v) is 6.22. The molecule has 0 aliphatic heterocycles. The lowest BCUT2D eigenvalue weighted by Gasteiger charge is -2.28. The lowest BCUT2D eigenvalue weighted by Crippen LogP contribution is -2.15. The van der Waals surface area contributed by atoms with Gasteiger partial charge in [0.1, 0.15) is 6.07 Å². The Morgan fingerprint density at radius 1 is 1.24 bits per heavy atom. The van der Waals surface area contributed by atoms with E-state index >= 15 is 0 Å². The molecule has 0 atom stereocenters. The van der Waals surface area contributed by atoms with Crippen molar-refractivity contribution in [1.29, 1.82) is 5.26 Å². The summed E-state index contributed by atoms with van der Waals surface area (Å²) in [4.78, 5) is 0. The number of aromatic nitrogens is 1. The van der Waals surface area contributed by atoms with E-state index in [0.29, 0.717) is 6.04 Å². The van der Waals surface area contributed by atoms with E-state index in [9.17, 15) is 5.26 Å². The summed E-state index contributed by atoms with van der Waals surface area (Å²) in [6.07, 6.45) is 5.85. The number of hydrogen-bond donors (Lipinski definition) is 0. The van der Waals surface area contributed by atoms with Crippen LogP contribution in [0.25, 0.3) is 10.9 Å². The standard InChI is InChI=1S/C15H16N2/c1-10-6-14-12(8-16)9-17(13-4-3-5-13)15(14)7-11(10)2/h6-7,9,13H,3-5H2,1-2H3. The van der Waals surface area contributed by atoms with Crippen LogP contribution in [0.3, 0.4) is 0 Å². The zero-order valence-electron chi connectivity index (χ0n) is 10.3. The minimum Gasteiger partial charge on any atom is -0.343 e. The molecular weight excluding hydrogens is 208 g/mol. The van der Waals surface area contributed by atoms with Crippen molar-refractivity contribution in [3.8, 4) is 6.07 Å². The average Bonchev–Trinajstić information content (AvgIpc) is 2.56. The Morgan fingerprint density at radius 3 is 2.53 bits per heavy atom. The van der Waals surface area contributed by atoms with Crippen LogP contribution in [-0.2, 0) is 0 Å². The van der Waals surface area contributed by atoms with Gasteiger partial charge in [0, 0.05) is 23.1 Å². The third kappa shape index (κ3) is 1.46. The number of nitrogens with zero attached hydrogens (tertiary/aromatic N) is 2. The fraction of sp³-hybridized carbons (Fsp3) is 0.400. The summed E-state index contributed by atoms with van der Waals surface area (Å²) in [6, 6.07) is 7.31. The molecule has 1 heterocycles. The van der Waals surface area contributed by atoms with Crippen molar-refractivity contribution in [2.24, 2.45) is 0 Å². The normalized spacial score (nSPS) is 15.8. The van der Waals surface area contributed by atoms with Gasteiger partial charge in [-0.15, -0.1) is 0 Å². The fourth-order valence-electron chi connectivity index (χ4n) is 2.56. The molecule has 17 heavy (non-hydrogen) atoms. The van der Waals surface area contributed by atoms with Crippen LogP contribution < -0.4 is 0 Å². The van der Waals surface area contributed by atoms with Gasteiger partial charge in [0.05, 0.1) is 5.56 Å². The van der Waals surface area contributed by atoms with E-state index in [2.05, 4.69) is 36.6 Å². The van der Waals surface area contributed by atoms with Crippen LogP contribution in [-0.4, -0.2) is 4.57 Å². The number of nitriles is 1. The maximum absolute atomic E-state index is 9.22.